The highest BCUT2D eigenvalue weighted by atomic mass is 32.2. The van der Waals surface area contributed by atoms with Crippen molar-refractivity contribution in [2.24, 2.45) is 46.3 Å². The molecule has 0 aromatic heterocycles. The van der Waals surface area contributed by atoms with Gasteiger partial charge in [0, 0.05) is 24.2 Å². The fourth-order valence-corrected chi connectivity index (χ4v) is 9.17. The lowest BCUT2D eigenvalue weighted by atomic mass is 9.43. The molecule has 4 rings (SSSR count). The molecule has 0 heterocycles. The lowest BCUT2D eigenvalue weighted by Gasteiger charge is -2.61. The van der Waals surface area contributed by atoms with Crippen molar-refractivity contribution in [3.05, 3.63) is 0 Å². The van der Waals surface area contributed by atoms with Crippen molar-refractivity contribution < 1.29 is 45.6 Å². The quantitative estimate of drug-likeness (QED) is 0.241. The normalized spacial score (nSPS) is 39.9. The van der Waals surface area contributed by atoms with Crippen LogP contribution in [0.3, 0.4) is 0 Å². The number of esters is 1. The number of hydrogen-bond donors (Lipinski definition) is 1. The second kappa shape index (κ2) is 10.4. The summed E-state index contributed by atoms with van der Waals surface area (Å²) in [5.41, 5.74) is -0.578. The van der Waals surface area contributed by atoms with Crippen molar-refractivity contribution in [1.29, 1.82) is 0 Å². The van der Waals surface area contributed by atoms with Crippen LogP contribution >= 0.6 is 0 Å². The molecule has 0 spiro atoms. The lowest BCUT2D eigenvalue weighted by molar-refractivity contribution is -0.185. The summed E-state index contributed by atoms with van der Waals surface area (Å²) in [6.45, 7) is 5.09. The Morgan fingerprint density at radius 1 is 1.21 bits per heavy atom. The van der Waals surface area contributed by atoms with Gasteiger partial charge >= 0.3 is 21.3 Å². The maximum atomic E-state index is 13.9. The Morgan fingerprint density at radius 2 is 1.92 bits per heavy atom. The minimum atomic E-state index is -5.68. The topological polar surface area (TPSA) is 124 Å². The first-order chi connectivity index (χ1) is 17.7. The highest BCUT2D eigenvalue weighted by molar-refractivity contribution is 7.86. The Hall–Kier alpha value is -1.62. The van der Waals surface area contributed by atoms with Gasteiger partial charge in [0.25, 0.3) is 6.47 Å². The molecule has 4 aliphatic carbocycles. The Kier molecular flexibility index (Phi) is 8.04. The molecule has 0 bridgehead atoms. The molecule has 4 aliphatic rings. The summed E-state index contributed by atoms with van der Waals surface area (Å²) in [5, 5.41) is -4.57. The fourth-order valence-electron chi connectivity index (χ4n) is 8.96. The predicted molar refractivity (Wildman–Crippen MR) is 132 cm³/mol. The second-order valence-corrected chi connectivity index (χ2v) is 14.2. The molecule has 9 atom stereocenters. The van der Waals surface area contributed by atoms with E-state index >= 15 is 0 Å². The minimum absolute atomic E-state index is 0.0261. The number of carbonyl (C=O) groups excluding carboxylic acids is 3. The zero-order valence-electron chi connectivity index (χ0n) is 22.4. The van der Waals surface area contributed by atoms with Crippen LogP contribution < -0.4 is 0 Å². The lowest BCUT2D eigenvalue weighted by Crippen LogP contribution is -2.61. The SMILES string of the molecule is C[C@H](CCC(=O)OCC(F)(F)S(=O)(=O)O)[C@H]1CC[C@H]2[C@@H]3[C@@H](OC=O)CC4CCCC[C@]4(C)[C@H]3CC(=O)[C@]12C. The number of hydrogen-bond acceptors (Lipinski definition) is 7. The van der Waals surface area contributed by atoms with Gasteiger partial charge in [-0.2, -0.15) is 17.2 Å². The Bertz CT molecular complexity index is 1050. The summed E-state index contributed by atoms with van der Waals surface area (Å²) in [7, 11) is -5.68. The van der Waals surface area contributed by atoms with E-state index in [-0.39, 0.29) is 53.3 Å². The third kappa shape index (κ3) is 4.90. The Balaban J connectivity index is 1.47. The second-order valence-electron chi connectivity index (χ2n) is 12.6. The van der Waals surface area contributed by atoms with Gasteiger partial charge in [0.15, 0.2) is 6.61 Å². The maximum Gasteiger partial charge on any atom is 0.402 e. The van der Waals surface area contributed by atoms with Gasteiger partial charge in [0.2, 0.25) is 0 Å². The van der Waals surface area contributed by atoms with Crippen LogP contribution in [0.15, 0.2) is 0 Å². The summed E-state index contributed by atoms with van der Waals surface area (Å²) >= 11 is 0. The minimum Gasteiger partial charge on any atom is -0.464 e. The highest BCUT2D eigenvalue weighted by Crippen LogP contribution is 2.67. The number of alkyl halides is 2. The van der Waals surface area contributed by atoms with Gasteiger partial charge in [-0.25, -0.2) is 0 Å². The van der Waals surface area contributed by atoms with E-state index in [9.17, 15) is 31.6 Å². The molecule has 0 amide bonds. The van der Waals surface area contributed by atoms with Gasteiger partial charge in [-0.1, -0.05) is 33.6 Å². The third-order valence-corrected chi connectivity index (χ3v) is 11.9. The van der Waals surface area contributed by atoms with E-state index in [0.29, 0.717) is 25.2 Å². The average Bonchev–Trinajstić information content (AvgIpc) is 3.20. The molecule has 38 heavy (non-hydrogen) atoms. The van der Waals surface area contributed by atoms with Crippen LogP contribution in [0, 0.1) is 46.3 Å². The molecular weight excluding hydrogens is 522 g/mol. The standard InChI is InChI=1S/C27H40F2O8S/c1-16(7-10-23(32)36-14-27(28,29)38(33,34)35)18-8-9-19-24-20(13-22(31)26(18,19)3)25(2)11-5-4-6-17(25)12-21(24)37-15-30/h15-21,24H,4-14H2,1-3H3,(H,33,34,35)/t16-,17?,18-,19+,20+,21+,24+,25+,26-/m1/s1. The summed E-state index contributed by atoms with van der Waals surface area (Å²) in [6, 6.07) is 0. The van der Waals surface area contributed by atoms with Crippen LogP contribution in [-0.4, -0.2) is 49.2 Å². The van der Waals surface area contributed by atoms with Gasteiger partial charge in [-0.15, -0.1) is 0 Å². The van der Waals surface area contributed by atoms with Crippen molar-refractivity contribution in [3.8, 4) is 0 Å². The molecule has 0 saturated heterocycles. The highest BCUT2D eigenvalue weighted by Gasteiger charge is 2.66. The predicted octanol–water partition coefficient (Wildman–Crippen LogP) is 4.81. The van der Waals surface area contributed by atoms with E-state index in [2.05, 4.69) is 11.7 Å². The molecular formula is C27H40F2O8S. The van der Waals surface area contributed by atoms with Gasteiger partial charge in [-0.3, -0.25) is 18.9 Å². The van der Waals surface area contributed by atoms with Crippen LogP contribution in [0.5, 0.6) is 0 Å². The Morgan fingerprint density at radius 3 is 2.58 bits per heavy atom. The number of fused-ring (bicyclic) bond motifs is 5. The zero-order valence-corrected chi connectivity index (χ0v) is 23.2. The van der Waals surface area contributed by atoms with Gasteiger partial charge in [0.1, 0.15) is 11.9 Å². The van der Waals surface area contributed by atoms with Crippen LogP contribution in [0.1, 0.15) is 85.0 Å². The fraction of sp³-hybridized carbons (Fsp3) is 0.889. The number of ketones is 1. The van der Waals surface area contributed by atoms with E-state index < -0.39 is 33.4 Å². The molecule has 0 aromatic carbocycles. The first-order valence-electron chi connectivity index (χ1n) is 13.8. The Labute approximate surface area is 223 Å². The van der Waals surface area contributed by atoms with Crippen molar-refractivity contribution in [3.63, 3.8) is 0 Å². The number of halogens is 2. The summed E-state index contributed by atoms with van der Waals surface area (Å²) < 4.78 is 66.9. The number of ether oxygens (including phenoxy) is 2. The van der Waals surface area contributed by atoms with E-state index in [0.717, 1.165) is 44.9 Å². The third-order valence-electron chi connectivity index (χ3n) is 11.0. The first-order valence-corrected chi connectivity index (χ1v) is 15.2. The molecule has 8 nitrogen and oxygen atoms in total. The van der Waals surface area contributed by atoms with Gasteiger partial charge in [0.05, 0.1) is 0 Å². The molecule has 0 aromatic rings. The van der Waals surface area contributed by atoms with Crippen molar-refractivity contribution in [2.45, 2.75) is 96.3 Å². The van der Waals surface area contributed by atoms with E-state index in [1.165, 1.54) is 0 Å². The molecule has 4 fully saturated rings. The van der Waals surface area contributed by atoms with Crippen molar-refractivity contribution in [2.75, 3.05) is 6.61 Å². The van der Waals surface area contributed by atoms with Crippen LogP contribution in [0.25, 0.3) is 0 Å². The summed E-state index contributed by atoms with van der Waals surface area (Å²) in [6.07, 6.45) is 7.26. The van der Waals surface area contributed by atoms with E-state index in [4.69, 9.17) is 9.29 Å². The zero-order chi connectivity index (χ0) is 28.1. The average molecular weight is 563 g/mol. The molecule has 0 radical (unpaired) electrons. The van der Waals surface area contributed by atoms with Gasteiger partial charge in [-0.05, 0) is 73.5 Å². The maximum absolute atomic E-state index is 13.9. The van der Waals surface area contributed by atoms with Crippen LogP contribution in [-0.2, 0) is 34.0 Å². The molecule has 11 heteroatoms. The van der Waals surface area contributed by atoms with Crippen molar-refractivity contribution >= 4 is 28.3 Å². The smallest absolute Gasteiger partial charge is 0.402 e. The largest absolute Gasteiger partial charge is 0.464 e. The summed E-state index contributed by atoms with van der Waals surface area (Å²) in [5.74, 6) is -0.100. The van der Waals surface area contributed by atoms with E-state index in [1.807, 2.05) is 13.8 Å². The molecule has 0 aliphatic heterocycles. The number of Topliss-reactive ketones (excluding diaryl/α,β-unsaturated/α-hetero) is 1. The van der Waals surface area contributed by atoms with Gasteiger partial charge < -0.3 is 9.47 Å². The molecule has 4 saturated carbocycles. The number of rotatable bonds is 9. The molecule has 216 valence electrons. The summed E-state index contributed by atoms with van der Waals surface area (Å²) in [4.78, 5) is 37.5. The van der Waals surface area contributed by atoms with Crippen LogP contribution in [0.2, 0.25) is 0 Å². The van der Waals surface area contributed by atoms with Crippen molar-refractivity contribution in [1.82, 2.24) is 0 Å². The molecule has 1 unspecified atom stereocenters. The first kappa shape index (κ1) is 29.4. The molecule has 1 N–H and O–H groups in total. The monoisotopic (exact) mass is 562 g/mol. The van der Waals surface area contributed by atoms with E-state index in [1.54, 1.807) is 0 Å². The number of carbonyl (C=O) groups is 3. The van der Waals surface area contributed by atoms with Crippen LogP contribution in [0.4, 0.5) is 8.78 Å².